The lowest BCUT2D eigenvalue weighted by atomic mass is 9.88. The molecule has 0 unspecified atom stereocenters. The van der Waals surface area contributed by atoms with Crippen LogP contribution in [0.3, 0.4) is 0 Å². The van der Waals surface area contributed by atoms with E-state index in [2.05, 4.69) is 10.3 Å². The Morgan fingerprint density at radius 3 is 2.70 bits per heavy atom. The van der Waals surface area contributed by atoms with Gasteiger partial charge in [-0.25, -0.2) is 0 Å². The molecule has 0 aliphatic heterocycles. The number of aromatic nitrogens is 1. The lowest BCUT2D eigenvalue weighted by molar-refractivity contribution is -0.125. The van der Waals surface area contributed by atoms with Crippen LogP contribution in [0.5, 0.6) is 0 Å². The van der Waals surface area contributed by atoms with Crippen LogP contribution >= 0.6 is 0 Å². The Bertz CT molecular complexity index is 662. The molecule has 1 aliphatic rings. The molecule has 20 heavy (non-hydrogen) atoms. The van der Waals surface area contributed by atoms with E-state index in [4.69, 9.17) is 0 Å². The summed E-state index contributed by atoms with van der Waals surface area (Å²) in [5.74, 6) is 0.267. The number of amides is 1. The monoisotopic (exact) mass is 270 g/mol. The van der Waals surface area contributed by atoms with Crippen molar-refractivity contribution in [3.63, 3.8) is 0 Å². The number of fused-ring (bicyclic) bond motifs is 1. The predicted octanol–water partition coefficient (Wildman–Crippen LogP) is 3.17. The molecule has 4 heteroatoms. The van der Waals surface area contributed by atoms with Crippen molar-refractivity contribution in [3.05, 3.63) is 30.0 Å². The average Bonchev–Trinajstić information content (AvgIpc) is 2.76. The molecule has 1 heterocycles. The van der Waals surface area contributed by atoms with Gasteiger partial charge in [0.25, 0.3) is 0 Å². The Morgan fingerprint density at radius 2 is 1.95 bits per heavy atom. The maximum absolute atomic E-state index is 12.3. The van der Waals surface area contributed by atoms with Gasteiger partial charge in [0.1, 0.15) is 5.78 Å². The van der Waals surface area contributed by atoms with Crippen molar-refractivity contribution >= 4 is 28.3 Å². The first kappa shape index (κ1) is 12.9. The highest BCUT2D eigenvalue weighted by Crippen LogP contribution is 2.29. The molecule has 1 saturated carbocycles. The number of Topliss-reactive ketones (excluding diaryl/α,β-unsaturated/α-hetero) is 1. The molecule has 1 aliphatic carbocycles. The number of nitrogens with one attached hydrogen (secondary N) is 2. The fourth-order valence-electron chi connectivity index (χ4n) is 2.86. The zero-order chi connectivity index (χ0) is 14.1. The normalized spacial score (nSPS) is 16.6. The number of aryl methyl sites for hydroxylation is 1. The van der Waals surface area contributed by atoms with E-state index in [1.807, 2.05) is 31.2 Å². The number of carbonyl (C=O) groups excluding carboxylic acids is 2. The minimum absolute atomic E-state index is 0.0327. The van der Waals surface area contributed by atoms with Crippen LogP contribution in [0.1, 0.15) is 31.4 Å². The summed E-state index contributed by atoms with van der Waals surface area (Å²) in [6.07, 6.45) is 2.41. The number of anilines is 1. The Hall–Kier alpha value is -2.10. The van der Waals surface area contributed by atoms with Crippen LogP contribution in [0.2, 0.25) is 0 Å². The molecule has 1 aromatic heterocycles. The van der Waals surface area contributed by atoms with Crippen LogP contribution in [-0.2, 0) is 9.59 Å². The smallest absolute Gasteiger partial charge is 0.227 e. The quantitative estimate of drug-likeness (QED) is 0.880. The van der Waals surface area contributed by atoms with E-state index in [1.165, 1.54) is 0 Å². The summed E-state index contributed by atoms with van der Waals surface area (Å²) in [4.78, 5) is 26.8. The summed E-state index contributed by atoms with van der Waals surface area (Å²) in [7, 11) is 0. The van der Waals surface area contributed by atoms with Crippen LogP contribution in [0.4, 0.5) is 5.69 Å². The number of H-pyrrole nitrogens is 1. The number of carbonyl (C=O) groups is 2. The zero-order valence-electron chi connectivity index (χ0n) is 11.5. The van der Waals surface area contributed by atoms with Crippen molar-refractivity contribution in [2.45, 2.75) is 32.6 Å². The molecule has 3 rings (SSSR count). The molecular formula is C16H18N2O2. The number of para-hydroxylation sites is 1. The van der Waals surface area contributed by atoms with E-state index in [-0.39, 0.29) is 17.6 Å². The number of rotatable bonds is 2. The Kier molecular flexibility index (Phi) is 3.30. The second kappa shape index (κ2) is 5.12. The maximum atomic E-state index is 12.3. The Labute approximate surface area is 117 Å². The molecule has 0 bridgehead atoms. The predicted molar refractivity (Wildman–Crippen MR) is 78.6 cm³/mol. The fraction of sp³-hybridized carbons (Fsp3) is 0.375. The molecule has 2 N–H and O–H groups in total. The van der Waals surface area contributed by atoms with Crippen molar-refractivity contribution < 1.29 is 9.59 Å². The number of hydrogen-bond donors (Lipinski definition) is 2. The number of benzene rings is 1. The van der Waals surface area contributed by atoms with Crippen LogP contribution in [-0.4, -0.2) is 16.7 Å². The van der Waals surface area contributed by atoms with Gasteiger partial charge in [0.2, 0.25) is 5.91 Å². The Morgan fingerprint density at radius 1 is 1.25 bits per heavy atom. The van der Waals surface area contributed by atoms with Gasteiger partial charge in [0.15, 0.2) is 0 Å². The zero-order valence-corrected chi connectivity index (χ0v) is 11.5. The first-order chi connectivity index (χ1) is 9.65. The van der Waals surface area contributed by atoms with Crippen molar-refractivity contribution in [2.75, 3.05) is 5.32 Å². The van der Waals surface area contributed by atoms with Crippen molar-refractivity contribution in [2.24, 2.45) is 5.92 Å². The Balaban J connectivity index is 1.81. The molecular weight excluding hydrogens is 252 g/mol. The SMILES string of the molecule is Cc1[nH]c2ccccc2c1NC(=O)C1CCC(=O)CC1. The summed E-state index contributed by atoms with van der Waals surface area (Å²) in [6.45, 7) is 1.96. The van der Waals surface area contributed by atoms with Gasteiger partial charge in [0.05, 0.1) is 5.69 Å². The van der Waals surface area contributed by atoms with Gasteiger partial charge in [-0.15, -0.1) is 0 Å². The second-order valence-electron chi connectivity index (χ2n) is 5.47. The van der Waals surface area contributed by atoms with Crippen LogP contribution < -0.4 is 5.32 Å². The fourth-order valence-corrected chi connectivity index (χ4v) is 2.86. The summed E-state index contributed by atoms with van der Waals surface area (Å²) in [5, 5.41) is 4.07. The molecule has 0 saturated heterocycles. The third-order valence-electron chi connectivity index (χ3n) is 4.06. The highest BCUT2D eigenvalue weighted by Gasteiger charge is 2.25. The minimum atomic E-state index is -0.0410. The summed E-state index contributed by atoms with van der Waals surface area (Å²) >= 11 is 0. The molecule has 0 radical (unpaired) electrons. The summed E-state index contributed by atoms with van der Waals surface area (Å²) in [5.41, 5.74) is 2.85. The highest BCUT2D eigenvalue weighted by molar-refractivity contribution is 6.04. The topological polar surface area (TPSA) is 62.0 Å². The van der Waals surface area contributed by atoms with Crippen molar-refractivity contribution in [3.8, 4) is 0 Å². The van der Waals surface area contributed by atoms with Crippen LogP contribution in [0.25, 0.3) is 10.9 Å². The lowest BCUT2D eigenvalue weighted by Gasteiger charge is -2.20. The van der Waals surface area contributed by atoms with E-state index < -0.39 is 0 Å². The molecule has 2 aromatic rings. The van der Waals surface area contributed by atoms with Crippen LogP contribution in [0.15, 0.2) is 24.3 Å². The van der Waals surface area contributed by atoms with Gasteiger partial charge >= 0.3 is 0 Å². The number of ketones is 1. The van der Waals surface area contributed by atoms with Gasteiger partial charge in [0, 0.05) is 35.4 Å². The lowest BCUT2D eigenvalue weighted by Crippen LogP contribution is -2.27. The molecule has 1 amide bonds. The largest absolute Gasteiger partial charge is 0.357 e. The number of hydrogen-bond acceptors (Lipinski definition) is 2. The van der Waals surface area contributed by atoms with E-state index in [0.717, 1.165) is 22.3 Å². The van der Waals surface area contributed by atoms with Gasteiger partial charge in [-0.2, -0.15) is 0 Å². The van der Waals surface area contributed by atoms with E-state index >= 15 is 0 Å². The number of aromatic amines is 1. The average molecular weight is 270 g/mol. The molecule has 0 atom stereocenters. The molecule has 1 fully saturated rings. The highest BCUT2D eigenvalue weighted by atomic mass is 16.2. The molecule has 4 nitrogen and oxygen atoms in total. The first-order valence-corrected chi connectivity index (χ1v) is 7.05. The van der Waals surface area contributed by atoms with E-state index in [1.54, 1.807) is 0 Å². The summed E-state index contributed by atoms with van der Waals surface area (Å²) in [6, 6.07) is 7.93. The molecule has 1 aromatic carbocycles. The van der Waals surface area contributed by atoms with Gasteiger partial charge < -0.3 is 10.3 Å². The minimum Gasteiger partial charge on any atom is -0.357 e. The molecule has 104 valence electrons. The van der Waals surface area contributed by atoms with Crippen molar-refractivity contribution in [1.82, 2.24) is 4.98 Å². The summed E-state index contributed by atoms with van der Waals surface area (Å²) < 4.78 is 0. The van der Waals surface area contributed by atoms with Gasteiger partial charge in [-0.1, -0.05) is 18.2 Å². The van der Waals surface area contributed by atoms with Gasteiger partial charge in [-0.05, 0) is 25.8 Å². The van der Waals surface area contributed by atoms with Crippen molar-refractivity contribution in [1.29, 1.82) is 0 Å². The standard InChI is InChI=1S/C16H18N2O2/c1-10-15(13-4-2-3-5-14(13)17-10)18-16(20)11-6-8-12(19)9-7-11/h2-5,11,17H,6-9H2,1H3,(H,18,20). The molecule has 0 spiro atoms. The van der Waals surface area contributed by atoms with E-state index in [0.29, 0.717) is 25.7 Å². The third kappa shape index (κ3) is 2.33. The van der Waals surface area contributed by atoms with Crippen LogP contribution in [0, 0.1) is 12.8 Å². The first-order valence-electron chi connectivity index (χ1n) is 7.05. The third-order valence-corrected chi connectivity index (χ3v) is 4.06. The van der Waals surface area contributed by atoms with Gasteiger partial charge in [-0.3, -0.25) is 9.59 Å². The maximum Gasteiger partial charge on any atom is 0.227 e. The second-order valence-corrected chi connectivity index (χ2v) is 5.47. The van der Waals surface area contributed by atoms with E-state index in [9.17, 15) is 9.59 Å².